The maximum atomic E-state index is 12.8. The fraction of sp³-hybridized carbons (Fsp3) is 0.556. The number of nitrogens with one attached hydrogen (secondary N) is 1. The molecule has 2 rings (SSSR count). The number of hydrogen-bond donors (Lipinski definition) is 1. The van der Waals surface area contributed by atoms with Crippen molar-refractivity contribution in [1.82, 2.24) is 4.90 Å². The first kappa shape index (κ1) is 20.1. The number of amidine groups is 1. The third kappa shape index (κ3) is 5.37. The van der Waals surface area contributed by atoms with Gasteiger partial charge in [-0.25, -0.2) is 4.79 Å². The first-order valence-corrected chi connectivity index (χ1v) is 8.63. The van der Waals surface area contributed by atoms with Crippen LogP contribution in [0.15, 0.2) is 29.4 Å². The van der Waals surface area contributed by atoms with E-state index in [4.69, 9.17) is 4.74 Å². The Morgan fingerprint density at radius 3 is 2.54 bits per heavy atom. The SMILES string of the molecule is CCOC(=O)/C(=N\Nc1cccc(C(F)(F)F)c1)N1CC(C)CC(C)C1. The van der Waals surface area contributed by atoms with Crippen LogP contribution in [0.4, 0.5) is 18.9 Å². The smallest absolute Gasteiger partial charge is 0.416 e. The van der Waals surface area contributed by atoms with Gasteiger partial charge in [-0.15, -0.1) is 5.10 Å². The van der Waals surface area contributed by atoms with Gasteiger partial charge in [-0.2, -0.15) is 13.2 Å². The minimum Gasteiger partial charge on any atom is -0.460 e. The summed E-state index contributed by atoms with van der Waals surface area (Å²) < 4.78 is 43.5. The highest BCUT2D eigenvalue weighted by Crippen LogP contribution is 2.30. The third-order valence-corrected chi connectivity index (χ3v) is 4.11. The number of hydrogen-bond acceptors (Lipinski definition) is 4. The quantitative estimate of drug-likeness (QED) is 0.378. The summed E-state index contributed by atoms with van der Waals surface area (Å²) in [5, 5.41) is 4.08. The van der Waals surface area contributed by atoms with Gasteiger partial charge in [0, 0.05) is 13.1 Å². The zero-order chi connectivity index (χ0) is 19.3. The summed E-state index contributed by atoms with van der Waals surface area (Å²) in [6.45, 7) is 7.35. The van der Waals surface area contributed by atoms with Crippen molar-refractivity contribution < 1.29 is 22.7 Å². The number of ether oxygens (including phenoxy) is 1. The molecule has 1 N–H and O–H groups in total. The number of rotatable bonds is 3. The van der Waals surface area contributed by atoms with Crippen LogP contribution in [0.3, 0.4) is 0 Å². The summed E-state index contributed by atoms with van der Waals surface area (Å²) in [5.41, 5.74) is 1.94. The lowest BCUT2D eigenvalue weighted by Crippen LogP contribution is -2.46. The molecule has 2 unspecified atom stereocenters. The van der Waals surface area contributed by atoms with Crippen molar-refractivity contribution in [3.63, 3.8) is 0 Å². The van der Waals surface area contributed by atoms with Gasteiger partial charge < -0.3 is 9.64 Å². The Morgan fingerprint density at radius 2 is 1.96 bits per heavy atom. The molecule has 26 heavy (non-hydrogen) atoms. The van der Waals surface area contributed by atoms with Gasteiger partial charge in [-0.1, -0.05) is 19.9 Å². The lowest BCUT2D eigenvalue weighted by Gasteiger charge is -2.36. The summed E-state index contributed by atoms with van der Waals surface area (Å²) in [4.78, 5) is 14.1. The Labute approximate surface area is 151 Å². The Bertz CT molecular complexity index is 651. The number of piperidine rings is 1. The number of carbonyl (C=O) groups excluding carboxylic acids is 1. The standard InChI is InChI=1S/C18H24F3N3O2/c1-4-26-17(25)16(24-10-12(2)8-13(3)11-24)23-22-15-7-5-6-14(9-15)18(19,20)21/h5-7,9,12-13,22H,4,8,10-11H2,1-3H3/b23-16+. The van der Waals surface area contributed by atoms with Gasteiger partial charge in [0.25, 0.3) is 0 Å². The van der Waals surface area contributed by atoms with Gasteiger partial charge in [0.2, 0.25) is 5.84 Å². The van der Waals surface area contributed by atoms with Crippen molar-refractivity contribution in [3.8, 4) is 0 Å². The van der Waals surface area contributed by atoms with E-state index in [-0.39, 0.29) is 18.1 Å². The Hall–Kier alpha value is -2.25. The third-order valence-electron chi connectivity index (χ3n) is 4.11. The van der Waals surface area contributed by atoms with Crippen LogP contribution < -0.4 is 5.43 Å². The molecule has 5 nitrogen and oxygen atoms in total. The van der Waals surface area contributed by atoms with Crippen LogP contribution in [0.2, 0.25) is 0 Å². The van der Waals surface area contributed by atoms with E-state index < -0.39 is 17.7 Å². The van der Waals surface area contributed by atoms with E-state index in [1.165, 1.54) is 12.1 Å². The highest BCUT2D eigenvalue weighted by atomic mass is 19.4. The number of hydrazone groups is 1. The van der Waals surface area contributed by atoms with E-state index in [0.717, 1.165) is 18.6 Å². The molecule has 1 aromatic carbocycles. The Morgan fingerprint density at radius 1 is 1.31 bits per heavy atom. The van der Waals surface area contributed by atoms with Crippen LogP contribution in [0.1, 0.15) is 32.8 Å². The Kier molecular flexibility index (Phi) is 6.50. The van der Waals surface area contributed by atoms with Gasteiger partial charge in [-0.05, 0) is 43.4 Å². The number of alkyl halides is 3. The van der Waals surface area contributed by atoms with Crippen molar-refractivity contribution in [3.05, 3.63) is 29.8 Å². The zero-order valence-electron chi connectivity index (χ0n) is 15.1. The molecule has 1 aliphatic rings. The molecule has 1 aromatic rings. The van der Waals surface area contributed by atoms with Crippen molar-refractivity contribution in [1.29, 1.82) is 0 Å². The van der Waals surface area contributed by atoms with Crippen molar-refractivity contribution in [2.24, 2.45) is 16.9 Å². The fourth-order valence-electron chi connectivity index (χ4n) is 3.16. The first-order chi connectivity index (χ1) is 12.2. The number of halogens is 3. The van der Waals surface area contributed by atoms with Gasteiger partial charge in [-0.3, -0.25) is 5.43 Å². The molecule has 0 spiro atoms. The van der Waals surface area contributed by atoms with Crippen molar-refractivity contribution in [2.45, 2.75) is 33.4 Å². The molecular formula is C18H24F3N3O2. The molecule has 144 valence electrons. The molecule has 0 radical (unpaired) electrons. The summed E-state index contributed by atoms with van der Waals surface area (Å²) in [6.07, 6.45) is -3.39. The van der Waals surface area contributed by atoms with Crippen LogP contribution in [0.25, 0.3) is 0 Å². The number of anilines is 1. The van der Waals surface area contributed by atoms with Crippen LogP contribution in [0, 0.1) is 11.8 Å². The topological polar surface area (TPSA) is 53.9 Å². The van der Waals surface area contributed by atoms with E-state index >= 15 is 0 Å². The molecular weight excluding hydrogens is 347 g/mol. The van der Waals surface area contributed by atoms with Gasteiger partial charge >= 0.3 is 12.1 Å². The Balaban J connectivity index is 2.24. The molecule has 1 saturated heterocycles. The van der Waals surface area contributed by atoms with E-state index in [9.17, 15) is 18.0 Å². The van der Waals surface area contributed by atoms with E-state index in [1.807, 2.05) is 4.90 Å². The first-order valence-electron chi connectivity index (χ1n) is 8.63. The van der Waals surface area contributed by atoms with Gasteiger partial charge in [0.15, 0.2) is 0 Å². The fourth-order valence-corrected chi connectivity index (χ4v) is 3.16. The second kappa shape index (κ2) is 8.42. The second-order valence-corrected chi connectivity index (χ2v) is 6.70. The lowest BCUT2D eigenvalue weighted by molar-refractivity contribution is -0.138. The average Bonchev–Trinajstić information content (AvgIpc) is 2.54. The summed E-state index contributed by atoms with van der Waals surface area (Å²) in [7, 11) is 0. The molecule has 0 amide bonds. The minimum absolute atomic E-state index is 0.0858. The number of likely N-dealkylation sites (tertiary alicyclic amines) is 1. The monoisotopic (exact) mass is 371 g/mol. The van der Waals surface area contributed by atoms with Crippen LogP contribution in [-0.2, 0) is 15.7 Å². The van der Waals surface area contributed by atoms with Crippen molar-refractivity contribution in [2.75, 3.05) is 25.1 Å². The predicted molar refractivity (Wildman–Crippen MR) is 93.7 cm³/mol. The van der Waals surface area contributed by atoms with Gasteiger partial charge in [0.05, 0.1) is 17.9 Å². The molecule has 0 saturated carbocycles. The number of carbonyl (C=O) groups is 1. The summed E-state index contributed by atoms with van der Waals surface area (Å²) in [5.74, 6) is 0.259. The number of esters is 1. The normalized spacial score (nSPS) is 21.5. The molecule has 1 aliphatic heterocycles. The number of benzene rings is 1. The predicted octanol–water partition coefficient (Wildman–Crippen LogP) is 3.97. The summed E-state index contributed by atoms with van der Waals surface area (Å²) in [6, 6.07) is 4.68. The van der Waals surface area contributed by atoms with Crippen LogP contribution in [0.5, 0.6) is 0 Å². The molecule has 0 bridgehead atoms. The van der Waals surface area contributed by atoms with Crippen LogP contribution >= 0.6 is 0 Å². The molecule has 0 aromatic heterocycles. The zero-order valence-corrected chi connectivity index (χ0v) is 15.1. The van der Waals surface area contributed by atoms with E-state index in [2.05, 4.69) is 24.4 Å². The molecule has 1 fully saturated rings. The maximum absolute atomic E-state index is 12.8. The van der Waals surface area contributed by atoms with E-state index in [1.54, 1.807) is 6.92 Å². The summed E-state index contributed by atoms with van der Waals surface area (Å²) >= 11 is 0. The maximum Gasteiger partial charge on any atom is 0.416 e. The molecule has 0 aliphatic carbocycles. The molecule has 1 heterocycles. The molecule has 2 atom stereocenters. The number of nitrogens with zero attached hydrogens (tertiary/aromatic N) is 2. The average molecular weight is 371 g/mol. The van der Waals surface area contributed by atoms with Crippen LogP contribution in [-0.4, -0.2) is 36.4 Å². The minimum atomic E-state index is -4.44. The van der Waals surface area contributed by atoms with Crippen molar-refractivity contribution >= 4 is 17.5 Å². The highest BCUT2D eigenvalue weighted by Gasteiger charge is 2.31. The largest absolute Gasteiger partial charge is 0.460 e. The lowest BCUT2D eigenvalue weighted by atomic mass is 9.92. The second-order valence-electron chi connectivity index (χ2n) is 6.70. The highest BCUT2D eigenvalue weighted by molar-refractivity contribution is 6.35. The molecule has 8 heteroatoms. The van der Waals surface area contributed by atoms with E-state index in [0.29, 0.717) is 24.9 Å². The van der Waals surface area contributed by atoms with Gasteiger partial charge in [0.1, 0.15) is 0 Å².